The van der Waals surface area contributed by atoms with Crippen LogP contribution in [-0.4, -0.2) is 29.0 Å². The van der Waals surface area contributed by atoms with Crippen molar-refractivity contribution in [2.24, 2.45) is 0 Å². The highest BCUT2D eigenvalue weighted by Gasteiger charge is 2.21. The predicted octanol–water partition coefficient (Wildman–Crippen LogP) is 1.28. The second kappa shape index (κ2) is 5.56. The fourth-order valence-corrected chi connectivity index (χ4v) is 2.53. The van der Waals surface area contributed by atoms with Crippen molar-refractivity contribution in [1.29, 1.82) is 0 Å². The molecule has 98 valence electrons. The van der Waals surface area contributed by atoms with E-state index in [-0.39, 0.29) is 17.9 Å². The van der Waals surface area contributed by atoms with Crippen LogP contribution >= 0.6 is 15.9 Å². The summed E-state index contributed by atoms with van der Waals surface area (Å²) in [5, 5.41) is 5.68. The van der Waals surface area contributed by atoms with Gasteiger partial charge < -0.3 is 15.2 Å². The molecule has 1 aromatic rings. The van der Waals surface area contributed by atoms with Crippen LogP contribution in [0, 0.1) is 0 Å². The van der Waals surface area contributed by atoms with Gasteiger partial charge in [-0.25, -0.2) is 0 Å². The number of nitrogens with zero attached hydrogens (tertiary/aromatic N) is 1. The summed E-state index contributed by atoms with van der Waals surface area (Å²) in [4.78, 5) is 23.0. The molecule has 2 amide bonds. The largest absolute Gasteiger partial charge is 0.352 e. The molecule has 2 heterocycles. The van der Waals surface area contributed by atoms with Crippen LogP contribution in [0.1, 0.15) is 30.3 Å². The number of aromatic nitrogens is 1. The van der Waals surface area contributed by atoms with Crippen LogP contribution < -0.4 is 10.6 Å². The van der Waals surface area contributed by atoms with Gasteiger partial charge in [0.15, 0.2) is 0 Å². The van der Waals surface area contributed by atoms with Gasteiger partial charge >= 0.3 is 0 Å². The molecule has 6 heteroatoms. The smallest absolute Gasteiger partial charge is 0.268 e. The Morgan fingerprint density at radius 3 is 3.06 bits per heavy atom. The van der Waals surface area contributed by atoms with Gasteiger partial charge in [0.1, 0.15) is 5.69 Å². The SMILES string of the molecule is CCn1cc(Br)cc1C(=O)NCC1CCC(=O)N1. The topological polar surface area (TPSA) is 63.1 Å². The van der Waals surface area contributed by atoms with E-state index in [4.69, 9.17) is 0 Å². The van der Waals surface area contributed by atoms with Gasteiger partial charge in [0.05, 0.1) is 0 Å². The zero-order chi connectivity index (χ0) is 13.1. The van der Waals surface area contributed by atoms with Crippen LogP contribution in [0.3, 0.4) is 0 Å². The minimum absolute atomic E-state index is 0.0638. The van der Waals surface area contributed by atoms with E-state index >= 15 is 0 Å². The first-order valence-electron chi connectivity index (χ1n) is 6.03. The summed E-state index contributed by atoms with van der Waals surface area (Å²) in [6.45, 7) is 3.21. The number of carbonyl (C=O) groups is 2. The highest BCUT2D eigenvalue weighted by atomic mass is 79.9. The summed E-state index contributed by atoms with van der Waals surface area (Å²) < 4.78 is 2.77. The normalized spacial score (nSPS) is 18.8. The molecular weight excluding hydrogens is 298 g/mol. The van der Waals surface area contributed by atoms with Crippen molar-refractivity contribution in [3.63, 3.8) is 0 Å². The van der Waals surface area contributed by atoms with Crippen molar-refractivity contribution in [3.8, 4) is 0 Å². The zero-order valence-electron chi connectivity index (χ0n) is 10.2. The molecule has 5 nitrogen and oxygen atoms in total. The lowest BCUT2D eigenvalue weighted by Crippen LogP contribution is -2.38. The summed E-state index contributed by atoms with van der Waals surface area (Å²) in [5.74, 6) is -0.0439. The van der Waals surface area contributed by atoms with Crippen LogP contribution in [0.15, 0.2) is 16.7 Å². The maximum Gasteiger partial charge on any atom is 0.268 e. The molecule has 2 N–H and O–H groups in total. The maximum absolute atomic E-state index is 12.0. The van der Waals surface area contributed by atoms with Gasteiger partial charge in [-0.2, -0.15) is 0 Å². The Morgan fingerprint density at radius 2 is 2.44 bits per heavy atom. The summed E-state index contributed by atoms with van der Waals surface area (Å²) in [6.07, 6.45) is 3.22. The van der Waals surface area contributed by atoms with Crippen molar-refractivity contribution < 1.29 is 9.59 Å². The molecular formula is C12H16BrN3O2. The number of aryl methyl sites for hydroxylation is 1. The van der Waals surface area contributed by atoms with E-state index in [1.807, 2.05) is 17.7 Å². The Balaban J connectivity index is 1.93. The average molecular weight is 314 g/mol. The van der Waals surface area contributed by atoms with Gasteiger partial charge in [0.25, 0.3) is 5.91 Å². The van der Waals surface area contributed by atoms with E-state index in [0.717, 1.165) is 17.4 Å². The highest BCUT2D eigenvalue weighted by Crippen LogP contribution is 2.15. The van der Waals surface area contributed by atoms with Crippen LogP contribution in [-0.2, 0) is 11.3 Å². The van der Waals surface area contributed by atoms with E-state index in [9.17, 15) is 9.59 Å². The molecule has 2 rings (SSSR count). The Morgan fingerprint density at radius 1 is 1.67 bits per heavy atom. The summed E-state index contributed by atoms with van der Waals surface area (Å²) in [5.41, 5.74) is 0.633. The summed E-state index contributed by atoms with van der Waals surface area (Å²) in [6, 6.07) is 1.86. The van der Waals surface area contributed by atoms with Gasteiger partial charge in [0, 0.05) is 36.2 Å². The number of halogens is 1. The Hall–Kier alpha value is -1.30. The lowest BCUT2D eigenvalue weighted by atomic mass is 10.2. The fraction of sp³-hybridized carbons (Fsp3) is 0.500. The van der Waals surface area contributed by atoms with Crippen molar-refractivity contribution in [2.75, 3.05) is 6.54 Å². The van der Waals surface area contributed by atoms with E-state index in [1.54, 1.807) is 6.07 Å². The molecule has 1 fully saturated rings. The molecule has 1 aliphatic rings. The first-order chi connectivity index (χ1) is 8.60. The number of carbonyl (C=O) groups excluding carboxylic acids is 2. The van der Waals surface area contributed by atoms with E-state index in [0.29, 0.717) is 18.7 Å². The highest BCUT2D eigenvalue weighted by molar-refractivity contribution is 9.10. The number of amides is 2. The number of rotatable bonds is 4. The summed E-state index contributed by atoms with van der Waals surface area (Å²) in [7, 11) is 0. The number of nitrogens with one attached hydrogen (secondary N) is 2. The van der Waals surface area contributed by atoms with Gasteiger partial charge in [-0.1, -0.05) is 0 Å². The zero-order valence-corrected chi connectivity index (χ0v) is 11.8. The lowest BCUT2D eigenvalue weighted by molar-refractivity contribution is -0.119. The van der Waals surface area contributed by atoms with Gasteiger partial charge in [-0.05, 0) is 35.3 Å². The minimum Gasteiger partial charge on any atom is -0.352 e. The predicted molar refractivity (Wildman–Crippen MR) is 71.3 cm³/mol. The molecule has 1 aromatic heterocycles. The van der Waals surface area contributed by atoms with Gasteiger partial charge in [-0.3, -0.25) is 9.59 Å². The van der Waals surface area contributed by atoms with Crippen molar-refractivity contribution in [2.45, 2.75) is 32.4 Å². The van der Waals surface area contributed by atoms with E-state index < -0.39 is 0 Å². The molecule has 1 aliphatic heterocycles. The monoisotopic (exact) mass is 313 g/mol. The Kier molecular flexibility index (Phi) is 4.06. The number of hydrogen-bond acceptors (Lipinski definition) is 2. The molecule has 1 atom stereocenters. The van der Waals surface area contributed by atoms with Gasteiger partial charge in [-0.15, -0.1) is 0 Å². The third-order valence-corrected chi connectivity index (χ3v) is 3.46. The second-order valence-electron chi connectivity index (χ2n) is 4.34. The minimum atomic E-state index is -0.108. The molecule has 1 unspecified atom stereocenters. The molecule has 1 saturated heterocycles. The first-order valence-corrected chi connectivity index (χ1v) is 6.82. The molecule has 0 aliphatic carbocycles. The fourth-order valence-electron chi connectivity index (χ4n) is 2.06. The van der Waals surface area contributed by atoms with E-state index in [2.05, 4.69) is 26.6 Å². The quantitative estimate of drug-likeness (QED) is 0.879. The van der Waals surface area contributed by atoms with Crippen LogP contribution in [0.4, 0.5) is 0 Å². The number of hydrogen-bond donors (Lipinski definition) is 2. The third kappa shape index (κ3) is 2.93. The Labute approximate surface area is 114 Å². The third-order valence-electron chi connectivity index (χ3n) is 3.03. The Bertz CT molecular complexity index is 470. The molecule has 18 heavy (non-hydrogen) atoms. The second-order valence-corrected chi connectivity index (χ2v) is 5.26. The maximum atomic E-state index is 12.0. The van der Waals surface area contributed by atoms with E-state index in [1.165, 1.54) is 0 Å². The summed E-state index contributed by atoms with van der Waals surface area (Å²) >= 11 is 3.36. The standard InChI is InChI=1S/C12H16BrN3O2/c1-2-16-7-8(13)5-10(16)12(18)14-6-9-3-4-11(17)15-9/h5,7,9H,2-4,6H2,1H3,(H,14,18)(H,15,17). The first kappa shape index (κ1) is 13.1. The van der Waals surface area contributed by atoms with Crippen molar-refractivity contribution >= 4 is 27.7 Å². The molecule has 0 bridgehead atoms. The van der Waals surface area contributed by atoms with Gasteiger partial charge in [0.2, 0.25) is 5.91 Å². The van der Waals surface area contributed by atoms with Crippen LogP contribution in [0.25, 0.3) is 0 Å². The van der Waals surface area contributed by atoms with Crippen LogP contribution in [0.2, 0.25) is 0 Å². The molecule has 0 aromatic carbocycles. The molecule has 0 radical (unpaired) electrons. The van der Waals surface area contributed by atoms with Crippen molar-refractivity contribution in [3.05, 3.63) is 22.4 Å². The molecule has 0 saturated carbocycles. The van der Waals surface area contributed by atoms with Crippen molar-refractivity contribution in [1.82, 2.24) is 15.2 Å². The average Bonchev–Trinajstić information content (AvgIpc) is 2.92. The lowest BCUT2D eigenvalue weighted by Gasteiger charge is -2.12. The van der Waals surface area contributed by atoms with Crippen LogP contribution in [0.5, 0.6) is 0 Å². The molecule has 0 spiro atoms.